The third-order valence-corrected chi connectivity index (χ3v) is 5.70. The molecule has 2 aliphatic carbocycles. The van der Waals surface area contributed by atoms with Gasteiger partial charge in [0.05, 0.1) is 6.61 Å². The van der Waals surface area contributed by atoms with Crippen LogP contribution in [0.25, 0.3) is 0 Å². The first-order chi connectivity index (χ1) is 10.5. The Hall–Kier alpha value is -0.900. The van der Waals surface area contributed by atoms with E-state index in [0.717, 1.165) is 36.6 Å². The SMILES string of the molecule is C=C(C(=O)OCCCBr)C1CC[C@@H](C)[C@H]2CC(=O)C(C)=C2C1. The Bertz CT molecular complexity index is 506. The lowest BCUT2D eigenvalue weighted by Gasteiger charge is -2.18. The van der Waals surface area contributed by atoms with E-state index in [1.165, 1.54) is 5.57 Å². The first-order valence-corrected chi connectivity index (χ1v) is 9.22. The Morgan fingerprint density at radius 2 is 2.09 bits per heavy atom. The van der Waals surface area contributed by atoms with Crippen LogP contribution in [0.3, 0.4) is 0 Å². The van der Waals surface area contributed by atoms with Crippen molar-refractivity contribution in [2.24, 2.45) is 17.8 Å². The number of ether oxygens (including phenoxy) is 1. The van der Waals surface area contributed by atoms with Crippen LogP contribution in [-0.4, -0.2) is 23.7 Å². The largest absolute Gasteiger partial charge is 0.462 e. The standard InChI is InChI=1S/C18H25BrO3/c1-11-5-6-14(12(2)18(21)22-8-4-7-19)9-16-13(3)17(20)10-15(11)16/h11,14-15H,2,4-10H2,1,3H3/t11-,14?,15-/m1/s1. The topological polar surface area (TPSA) is 43.4 Å². The number of carbonyl (C=O) groups excluding carboxylic acids is 2. The maximum absolute atomic E-state index is 12.1. The van der Waals surface area contributed by atoms with Crippen LogP contribution in [-0.2, 0) is 14.3 Å². The van der Waals surface area contributed by atoms with Gasteiger partial charge in [-0.2, -0.15) is 0 Å². The molecule has 22 heavy (non-hydrogen) atoms. The summed E-state index contributed by atoms with van der Waals surface area (Å²) in [7, 11) is 0. The highest BCUT2D eigenvalue weighted by atomic mass is 79.9. The molecule has 1 unspecified atom stereocenters. The Morgan fingerprint density at radius 1 is 1.36 bits per heavy atom. The number of carbonyl (C=O) groups is 2. The van der Waals surface area contributed by atoms with Crippen molar-refractivity contribution in [2.45, 2.75) is 46.0 Å². The zero-order valence-corrected chi connectivity index (χ0v) is 15.1. The number of Topliss-reactive ketones (excluding diaryl/α,β-unsaturated/α-hetero) is 1. The molecule has 2 aliphatic rings. The number of rotatable bonds is 5. The number of alkyl halides is 1. The Kier molecular flexibility index (Phi) is 6.01. The number of hydrogen-bond acceptors (Lipinski definition) is 3. The van der Waals surface area contributed by atoms with Gasteiger partial charge >= 0.3 is 5.97 Å². The molecule has 0 N–H and O–H groups in total. The number of hydrogen-bond donors (Lipinski definition) is 0. The zero-order valence-electron chi connectivity index (χ0n) is 13.5. The molecular formula is C18H25BrO3. The molecule has 1 fully saturated rings. The molecule has 0 aromatic rings. The van der Waals surface area contributed by atoms with Gasteiger partial charge in [-0.15, -0.1) is 0 Å². The molecule has 0 saturated heterocycles. The van der Waals surface area contributed by atoms with E-state index >= 15 is 0 Å². The van der Waals surface area contributed by atoms with Crippen molar-refractivity contribution in [2.75, 3.05) is 11.9 Å². The van der Waals surface area contributed by atoms with E-state index in [-0.39, 0.29) is 17.7 Å². The Labute approximate surface area is 141 Å². The van der Waals surface area contributed by atoms with Crippen LogP contribution in [0.2, 0.25) is 0 Å². The molecular weight excluding hydrogens is 344 g/mol. The summed E-state index contributed by atoms with van der Waals surface area (Å²) in [6.45, 7) is 8.57. The minimum atomic E-state index is -0.278. The van der Waals surface area contributed by atoms with Crippen molar-refractivity contribution >= 4 is 27.7 Å². The molecule has 0 aromatic carbocycles. The molecule has 3 nitrogen and oxygen atoms in total. The van der Waals surface area contributed by atoms with Gasteiger partial charge in [0, 0.05) is 17.3 Å². The summed E-state index contributed by atoms with van der Waals surface area (Å²) in [5, 5.41) is 0.823. The number of allylic oxidation sites excluding steroid dienone is 2. The molecule has 0 heterocycles. The Morgan fingerprint density at radius 3 is 2.77 bits per heavy atom. The molecule has 0 amide bonds. The van der Waals surface area contributed by atoms with Gasteiger partial charge in [0.1, 0.15) is 0 Å². The predicted molar refractivity (Wildman–Crippen MR) is 90.8 cm³/mol. The molecule has 0 radical (unpaired) electrons. The fraction of sp³-hybridized carbons (Fsp3) is 0.667. The average Bonchev–Trinajstić information content (AvgIpc) is 2.68. The monoisotopic (exact) mass is 368 g/mol. The fourth-order valence-electron chi connectivity index (χ4n) is 3.59. The van der Waals surface area contributed by atoms with Crippen molar-refractivity contribution in [3.8, 4) is 0 Å². The highest BCUT2D eigenvalue weighted by molar-refractivity contribution is 9.09. The molecule has 0 spiro atoms. The summed E-state index contributed by atoms with van der Waals surface area (Å²) < 4.78 is 5.27. The van der Waals surface area contributed by atoms with Gasteiger partial charge in [-0.25, -0.2) is 4.79 Å². The van der Waals surface area contributed by atoms with Gasteiger partial charge in [-0.1, -0.05) is 35.0 Å². The first kappa shape index (κ1) is 17.5. The van der Waals surface area contributed by atoms with Crippen molar-refractivity contribution < 1.29 is 14.3 Å². The Balaban J connectivity index is 2.07. The number of esters is 1. The number of ketones is 1. The van der Waals surface area contributed by atoms with Crippen LogP contribution in [0.1, 0.15) is 46.0 Å². The molecule has 3 atom stereocenters. The molecule has 122 valence electrons. The maximum atomic E-state index is 12.1. The van der Waals surface area contributed by atoms with Gasteiger partial charge in [0.2, 0.25) is 0 Å². The van der Waals surface area contributed by atoms with Crippen LogP contribution in [0.15, 0.2) is 23.3 Å². The number of fused-ring (bicyclic) bond motifs is 1. The normalized spacial score (nSPS) is 28.3. The molecule has 0 aromatic heterocycles. The third kappa shape index (κ3) is 3.70. The van der Waals surface area contributed by atoms with E-state index < -0.39 is 0 Å². The fourth-order valence-corrected chi connectivity index (χ4v) is 3.82. The summed E-state index contributed by atoms with van der Waals surface area (Å²) in [6.07, 6.45) is 4.24. The summed E-state index contributed by atoms with van der Waals surface area (Å²) >= 11 is 3.32. The van der Waals surface area contributed by atoms with Crippen molar-refractivity contribution in [3.63, 3.8) is 0 Å². The smallest absolute Gasteiger partial charge is 0.333 e. The lowest BCUT2D eigenvalue weighted by Crippen LogP contribution is -2.16. The third-order valence-electron chi connectivity index (χ3n) is 5.14. The lowest BCUT2D eigenvalue weighted by atomic mass is 9.86. The molecule has 0 aliphatic heterocycles. The van der Waals surface area contributed by atoms with E-state index in [4.69, 9.17) is 4.74 Å². The van der Waals surface area contributed by atoms with E-state index in [1.807, 2.05) is 6.92 Å². The second-order valence-electron chi connectivity index (χ2n) is 6.54. The number of halogens is 1. The molecule has 2 rings (SSSR count). The van der Waals surface area contributed by atoms with Crippen molar-refractivity contribution in [1.82, 2.24) is 0 Å². The first-order valence-electron chi connectivity index (χ1n) is 8.10. The van der Waals surface area contributed by atoms with Gasteiger partial charge in [-0.3, -0.25) is 4.79 Å². The highest BCUT2D eigenvalue weighted by Crippen LogP contribution is 2.45. The van der Waals surface area contributed by atoms with E-state index in [9.17, 15) is 9.59 Å². The van der Waals surface area contributed by atoms with E-state index in [1.54, 1.807) is 0 Å². The molecule has 1 saturated carbocycles. The molecule has 4 heteroatoms. The van der Waals surface area contributed by atoms with Gasteiger partial charge in [0.25, 0.3) is 0 Å². The molecule has 0 bridgehead atoms. The maximum Gasteiger partial charge on any atom is 0.333 e. The van der Waals surface area contributed by atoms with Gasteiger partial charge < -0.3 is 4.74 Å². The van der Waals surface area contributed by atoms with Gasteiger partial charge in [-0.05, 0) is 55.9 Å². The van der Waals surface area contributed by atoms with Crippen LogP contribution in [0.4, 0.5) is 0 Å². The minimum absolute atomic E-state index is 0.111. The second kappa shape index (κ2) is 7.58. The predicted octanol–water partition coefficient (Wildman–Crippen LogP) is 4.21. The summed E-state index contributed by atoms with van der Waals surface area (Å²) in [5.74, 6) is 0.978. The van der Waals surface area contributed by atoms with Crippen LogP contribution < -0.4 is 0 Å². The van der Waals surface area contributed by atoms with Gasteiger partial charge in [0.15, 0.2) is 5.78 Å². The summed E-state index contributed by atoms with van der Waals surface area (Å²) in [4.78, 5) is 24.1. The lowest BCUT2D eigenvalue weighted by molar-refractivity contribution is -0.139. The quantitative estimate of drug-likeness (QED) is 0.316. The van der Waals surface area contributed by atoms with Crippen LogP contribution >= 0.6 is 15.9 Å². The van der Waals surface area contributed by atoms with Crippen LogP contribution in [0.5, 0.6) is 0 Å². The summed E-state index contributed by atoms with van der Waals surface area (Å²) in [6, 6.07) is 0. The average molecular weight is 369 g/mol. The highest BCUT2D eigenvalue weighted by Gasteiger charge is 2.38. The zero-order chi connectivity index (χ0) is 16.3. The van der Waals surface area contributed by atoms with Crippen molar-refractivity contribution in [1.29, 1.82) is 0 Å². The summed E-state index contributed by atoms with van der Waals surface area (Å²) in [5.41, 5.74) is 2.75. The van der Waals surface area contributed by atoms with Crippen LogP contribution in [0, 0.1) is 17.8 Å². The minimum Gasteiger partial charge on any atom is -0.462 e. The van der Waals surface area contributed by atoms with E-state index in [0.29, 0.717) is 30.4 Å². The van der Waals surface area contributed by atoms with E-state index in [2.05, 4.69) is 29.4 Å². The van der Waals surface area contributed by atoms with Crippen molar-refractivity contribution in [3.05, 3.63) is 23.3 Å². The second-order valence-corrected chi connectivity index (χ2v) is 7.34.